The van der Waals surface area contributed by atoms with Gasteiger partial charge in [-0.05, 0) is 48.5 Å². The van der Waals surface area contributed by atoms with Gasteiger partial charge in [-0.3, -0.25) is 9.78 Å². The molecule has 0 fully saturated rings. The fraction of sp³-hybridized carbons (Fsp3) is 0.0769. The molecule has 5 aromatic rings. The van der Waals surface area contributed by atoms with E-state index in [0.717, 1.165) is 22.3 Å². The van der Waals surface area contributed by atoms with E-state index in [-0.39, 0.29) is 11.6 Å². The number of nitrogens with one attached hydrogen (secondary N) is 2. The van der Waals surface area contributed by atoms with Crippen LogP contribution in [0.2, 0.25) is 5.02 Å². The molecule has 3 heterocycles. The van der Waals surface area contributed by atoms with Crippen LogP contribution >= 0.6 is 11.6 Å². The first-order chi connectivity index (χ1) is 17.4. The van der Waals surface area contributed by atoms with E-state index in [0.29, 0.717) is 28.0 Å². The standard InChI is InChI=1S/C26H20ClFN6O2/c1-29-25(35)22-13-18(9-10-30-22)36-17-5-7-23-21(12-17)33-26(34(23)2)32-16-4-6-20(27)19(11-16)15-3-8-24(28)31-14-15/h3-14H,1-2H3,(H,29,35)(H,32,33). The normalized spacial score (nSPS) is 10.9. The van der Waals surface area contributed by atoms with Crippen LogP contribution in [0.3, 0.4) is 0 Å². The molecule has 180 valence electrons. The van der Waals surface area contributed by atoms with E-state index >= 15 is 0 Å². The van der Waals surface area contributed by atoms with Crippen molar-refractivity contribution in [3.8, 4) is 22.6 Å². The minimum atomic E-state index is -0.553. The van der Waals surface area contributed by atoms with Crippen LogP contribution in [0, 0.1) is 5.95 Å². The molecule has 0 saturated carbocycles. The predicted molar refractivity (Wildman–Crippen MR) is 136 cm³/mol. The number of benzene rings is 2. The van der Waals surface area contributed by atoms with Crippen LogP contribution in [-0.2, 0) is 7.05 Å². The predicted octanol–water partition coefficient (Wildman–Crippen LogP) is 5.72. The Labute approximate surface area is 210 Å². The van der Waals surface area contributed by atoms with Crippen LogP contribution in [-0.4, -0.2) is 32.5 Å². The zero-order valence-corrected chi connectivity index (χ0v) is 20.0. The second-order valence-corrected chi connectivity index (χ2v) is 8.30. The fourth-order valence-corrected chi connectivity index (χ4v) is 3.93. The summed E-state index contributed by atoms with van der Waals surface area (Å²) in [6.45, 7) is 0. The molecule has 0 aliphatic heterocycles. The Morgan fingerprint density at radius 3 is 2.64 bits per heavy atom. The second-order valence-electron chi connectivity index (χ2n) is 7.89. The first kappa shape index (κ1) is 23.3. The van der Waals surface area contributed by atoms with Gasteiger partial charge in [-0.15, -0.1) is 0 Å². The van der Waals surface area contributed by atoms with Crippen LogP contribution in [0.25, 0.3) is 22.2 Å². The number of fused-ring (bicyclic) bond motifs is 1. The third kappa shape index (κ3) is 4.69. The SMILES string of the molecule is CNC(=O)c1cc(Oc2ccc3c(c2)nc(Nc2ccc(Cl)c(-c4ccc(F)nc4)c2)n3C)ccn1. The fourth-order valence-electron chi connectivity index (χ4n) is 3.71. The number of rotatable bonds is 6. The first-order valence-corrected chi connectivity index (χ1v) is 11.3. The maximum Gasteiger partial charge on any atom is 0.269 e. The molecule has 2 N–H and O–H groups in total. The number of carbonyl (C=O) groups is 1. The third-order valence-electron chi connectivity index (χ3n) is 5.54. The molecule has 0 bridgehead atoms. The molecule has 3 aromatic heterocycles. The number of pyridine rings is 2. The summed E-state index contributed by atoms with van der Waals surface area (Å²) < 4.78 is 21.1. The smallest absolute Gasteiger partial charge is 0.269 e. The van der Waals surface area contributed by atoms with Crippen LogP contribution in [0.1, 0.15) is 10.5 Å². The average molecular weight is 503 g/mol. The second kappa shape index (κ2) is 9.63. The van der Waals surface area contributed by atoms with Crippen molar-refractivity contribution in [2.45, 2.75) is 0 Å². The number of carbonyl (C=O) groups excluding carboxylic acids is 1. The number of amides is 1. The average Bonchev–Trinajstić information content (AvgIpc) is 3.19. The van der Waals surface area contributed by atoms with Gasteiger partial charge in [0.2, 0.25) is 11.9 Å². The number of aryl methyl sites for hydroxylation is 1. The molecule has 0 unspecified atom stereocenters. The highest BCUT2D eigenvalue weighted by Crippen LogP contribution is 2.32. The summed E-state index contributed by atoms with van der Waals surface area (Å²) in [4.78, 5) is 24.3. The number of aromatic nitrogens is 4. The Hall–Kier alpha value is -4.50. The van der Waals surface area contributed by atoms with Crippen LogP contribution in [0.15, 0.2) is 73.1 Å². The van der Waals surface area contributed by atoms with Crippen molar-refractivity contribution in [1.82, 2.24) is 24.8 Å². The third-order valence-corrected chi connectivity index (χ3v) is 5.87. The first-order valence-electron chi connectivity index (χ1n) is 10.9. The number of hydrogen-bond acceptors (Lipinski definition) is 6. The Morgan fingerprint density at radius 2 is 1.86 bits per heavy atom. The van der Waals surface area contributed by atoms with Gasteiger partial charge in [0.05, 0.1) is 11.0 Å². The number of imidazole rings is 1. The van der Waals surface area contributed by atoms with Crippen LogP contribution in [0.5, 0.6) is 11.5 Å². The maximum atomic E-state index is 13.2. The molecule has 2 aromatic carbocycles. The van der Waals surface area contributed by atoms with Crippen molar-refractivity contribution >= 4 is 40.2 Å². The summed E-state index contributed by atoms with van der Waals surface area (Å²) in [7, 11) is 3.44. The van der Waals surface area contributed by atoms with Gasteiger partial charge in [-0.25, -0.2) is 9.97 Å². The van der Waals surface area contributed by atoms with Crippen LogP contribution in [0.4, 0.5) is 16.0 Å². The van der Waals surface area contributed by atoms with E-state index in [1.54, 1.807) is 31.3 Å². The van der Waals surface area contributed by atoms with E-state index in [2.05, 4.69) is 20.6 Å². The zero-order chi connectivity index (χ0) is 25.2. The lowest BCUT2D eigenvalue weighted by atomic mass is 10.1. The topological polar surface area (TPSA) is 94.0 Å². The summed E-state index contributed by atoms with van der Waals surface area (Å²) >= 11 is 6.38. The summed E-state index contributed by atoms with van der Waals surface area (Å²) in [5.74, 6) is 0.818. The number of halogens is 2. The number of hydrogen-bond donors (Lipinski definition) is 2. The van der Waals surface area contributed by atoms with Gasteiger partial charge >= 0.3 is 0 Å². The van der Waals surface area contributed by atoms with Gasteiger partial charge in [0.15, 0.2) is 0 Å². The Balaban J connectivity index is 1.41. The van der Waals surface area contributed by atoms with E-state index in [1.165, 1.54) is 18.5 Å². The molecule has 0 saturated heterocycles. The lowest BCUT2D eigenvalue weighted by molar-refractivity contribution is 0.0958. The highest BCUT2D eigenvalue weighted by Gasteiger charge is 2.12. The number of anilines is 2. The molecule has 36 heavy (non-hydrogen) atoms. The monoisotopic (exact) mass is 502 g/mol. The van der Waals surface area contributed by atoms with Crippen LogP contribution < -0.4 is 15.4 Å². The minimum absolute atomic E-state index is 0.263. The molecular weight excluding hydrogens is 483 g/mol. The van der Waals surface area contributed by atoms with Gasteiger partial charge in [0, 0.05) is 60.5 Å². The van der Waals surface area contributed by atoms with Crippen molar-refractivity contribution in [2.24, 2.45) is 7.05 Å². The maximum absolute atomic E-state index is 13.2. The molecule has 0 aliphatic carbocycles. The summed E-state index contributed by atoms with van der Waals surface area (Å²) in [6, 6.07) is 17.2. The summed E-state index contributed by atoms with van der Waals surface area (Å²) in [5.41, 5.74) is 4.05. The van der Waals surface area contributed by atoms with Crippen molar-refractivity contribution in [3.05, 3.63) is 89.7 Å². The van der Waals surface area contributed by atoms with Crippen molar-refractivity contribution in [3.63, 3.8) is 0 Å². The molecule has 0 atom stereocenters. The zero-order valence-electron chi connectivity index (χ0n) is 19.3. The van der Waals surface area contributed by atoms with Gasteiger partial charge in [0.1, 0.15) is 17.2 Å². The minimum Gasteiger partial charge on any atom is -0.457 e. The van der Waals surface area contributed by atoms with E-state index in [9.17, 15) is 9.18 Å². The molecular formula is C26H20ClFN6O2. The van der Waals surface area contributed by atoms with Gasteiger partial charge in [-0.1, -0.05) is 11.6 Å². The molecule has 10 heteroatoms. The Bertz CT molecular complexity index is 1590. The Kier molecular flexibility index (Phi) is 6.22. The van der Waals surface area contributed by atoms with E-state index in [1.807, 2.05) is 41.9 Å². The highest BCUT2D eigenvalue weighted by molar-refractivity contribution is 6.33. The summed E-state index contributed by atoms with van der Waals surface area (Å²) in [6.07, 6.45) is 2.96. The number of ether oxygens (including phenoxy) is 1. The van der Waals surface area contributed by atoms with E-state index < -0.39 is 5.95 Å². The molecule has 8 nitrogen and oxygen atoms in total. The Morgan fingerprint density at radius 1 is 1.03 bits per heavy atom. The van der Waals surface area contributed by atoms with Gasteiger partial charge < -0.3 is 19.9 Å². The molecule has 5 rings (SSSR count). The van der Waals surface area contributed by atoms with Crippen molar-refractivity contribution in [2.75, 3.05) is 12.4 Å². The molecule has 1 amide bonds. The molecule has 0 aliphatic rings. The van der Waals surface area contributed by atoms with Crippen molar-refractivity contribution < 1.29 is 13.9 Å². The highest BCUT2D eigenvalue weighted by atomic mass is 35.5. The molecule has 0 spiro atoms. The largest absolute Gasteiger partial charge is 0.457 e. The molecule has 0 radical (unpaired) electrons. The summed E-state index contributed by atoms with van der Waals surface area (Å²) in [5, 5.41) is 6.38. The van der Waals surface area contributed by atoms with Gasteiger partial charge in [0.25, 0.3) is 5.91 Å². The van der Waals surface area contributed by atoms with Crippen molar-refractivity contribution in [1.29, 1.82) is 0 Å². The van der Waals surface area contributed by atoms with E-state index in [4.69, 9.17) is 21.3 Å². The lowest BCUT2D eigenvalue weighted by Crippen LogP contribution is -2.18. The number of nitrogens with zero attached hydrogens (tertiary/aromatic N) is 4. The lowest BCUT2D eigenvalue weighted by Gasteiger charge is -2.10. The quantitative estimate of drug-likeness (QED) is 0.288. The van der Waals surface area contributed by atoms with Gasteiger partial charge in [-0.2, -0.15) is 4.39 Å².